The molecule has 1 aromatic carbocycles. The molecule has 118 valence electrons. The van der Waals surface area contributed by atoms with Crippen LogP contribution in [0, 0.1) is 0 Å². The molecule has 21 heavy (non-hydrogen) atoms. The van der Waals surface area contributed by atoms with E-state index >= 15 is 0 Å². The Morgan fingerprint density at radius 1 is 1.38 bits per heavy atom. The summed E-state index contributed by atoms with van der Waals surface area (Å²) in [5, 5.41) is 0. The second-order valence-electron chi connectivity index (χ2n) is 4.74. The van der Waals surface area contributed by atoms with Crippen LogP contribution in [0.2, 0.25) is 0 Å². The number of carbonyl (C=O) groups excluding carboxylic acids is 1. The van der Waals surface area contributed by atoms with Gasteiger partial charge in [-0.2, -0.15) is 24.9 Å². The molecule has 0 aliphatic heterocycles. The molecule has 1 atom stereocenters. The van der Waals surface area contributed by atoms with Gasteiger partial charge in [-0.1, -0.05) is 18.2 Å². The Morgan fingerprint density at radius 2 is 2.00 bits per heavy atom. The van der Waals surface area contributed by atoms with Crippen molar-refractivity contribution in [3.63, 3.8) is 0 Å². The fraction of sp³-hybridized carbons (Fsp3) is 0.500. The fourth-order valence-electron chi connectivity index (χ4n) is 1.92. The van der Waals surface area contributed by atoms with E-state index < -0.39 is 17.8 Å². The van der Waals surface area contributed by atoms with E-state index in [4.69, 9.17) is 5.73 Å². The molecule has 1 aromatic rings. The molecule has 0 bridgehead atoms. The first-order valence-corrected chi connectivity index (χ1v) is 7.81. The van der Waals surface area contributed by atoms with Gasteiger partial charge in [0.2, 0.25) is 5.91 Å². The predicted molar refractivity (Wildman–Crippen MR) is 78.9 cm³/mol. The van der Waals surface area contributed by atoms with Crippen LogP contribution in [-0.4, -0.2) is 35.9 Å². The van der Waals surface area contributed by atoms with E-state index in [1.807, 2.05) is 6.26 Å². The van der Waals surface area contributed by atoms with Gasteiger partial charge in [-0.05, 0) is 30.1 Å². The minimum Gasteiger partial charge on any atom is -0.340 e. The lowest BCUT2D eigenvalue weighted by atomic mass is 10.1. The standard InChI is InChI=1S/C14H19F3N2OS/c1-19(13(20)12(18)7-8-21-2)9-10-5-3-4-6-11(10)14(15,16)17/h3-6,12H,7-9,18H2,1-2H3. The van der Waals surface area contributed by atoms with E-state index in [1.165, 1.54) is 30.1 Å². The Bertz CT molecular complexity index is 480. The van der Waals surface area contributed by atoms with Crippen molar-refractivity contribution in [1.29, 1.82) is 0 Å². The third-order valence-electron chi connectivity index (χ3n) is 3.06. The highest BCUT2D eigenvalue weighted by molar-refractivity contribution is 7.98. The van der Waals surface area contributed by atoms with Gasteiger partial charge in [0.25, 0.3) is 0 Å². The first kappa shape index (κ1) is 17.8. The van der Waals surface area contributed by atoms with Crippen molar-refractivity contribution in [1.82, 2.24) is 4.90 Å². The lowest BCUT2D eigenvalue weighted by Crippen LogP contribution is -2.41. The summed E-state index contributed by atoms with van der Waals surface area (Å²) in [6, 6.07) is 4.57. The van der Waals surface area contributed by atoms with Crippen LogP contribution in [0.1, 0.15) is 17.5 Å². The zero-order valence-electron chi connectivity index (χ0n) is 12.0. The van der Waals surface area contributed by atoms with Gasteiger partial charge in [-0.15, -0.1) is 0 Å². The predicted octanol–water partition coefficient (Wildman–Crippen LogP) is 2.74. The van der Waals surface area contributed by atoms with Crippen molar-refractivity contribution in [3.8, 4) is 0 Å². The second-order valence-corrected chi connectivity index (χ2v) is 5.72. The van der Waals surface area contributed by atoms with Crippen LogP contribution in [0.3, 0.4) is 0 Å². The van der Waals surface area contributed by atoms with Gasteiger partial charge in [-0.25, -0.2) is 0 Å². The lowest BCUT2D eigenvalue weighted by Gasteiger charge is -2.23. The molecule has 0 aliphatic rings. The van der Waals surface area contributed by atoms with Gasteiger partial charge in [0.05, 0.1) is 11.6 Å². The zero-order chi connectivity index (χ0) is 16.0. The van der Waals surface area contributed by atoms with Gasteiger partial charge in [0, 0.05) is 13.6 Å². The van der Waals surface area contributed by atoms with E-state index in [2.05, 4.69) is 0 Å². The van der Waals surface area contributed by atoms with E-state index in [9.17, 15) is 18.0 Å². The molecule has 1 amide bonds. The summed E-state index contributed by atoms with van der Waals surface area (Å²) in [5.74, 6) is 0.390. The number of alkyl halides is 3. The maximum Gasteiger partial charge on any atom is 0.416 e. The number of benzene rings is 1. The quantitative estimate of drug-likeness (QED) is 0.877. The topological polar surface area (TPSA) is 46.3 Å². The van der Waals surface area contributed by atoms with Crippen LogP contribution in [0.25, 0.3) is 0 Å². The summed E-state index contributed by atoms with van der Waals surface area (Å²) in [5.41, 5.74) is 5.10. The SMILES string of the molecule is CSCCC(N)C(=O)N(C)Cc1ccccc1C(F)(F)F. The van der Waals surface area contributed by atoms with Crippen LogP contribution >= 0.6 is 11.8 Å². The van der Waals surface area contributed by atoms with Crippen LogP contribution in [-0.2, 0) is 17.5 Å². The molecule has 0 heterocycles. The van der Waals surface area contributed by atoms with Crippen LogP contribution < -0.4 is 5.73 Å². The minimum atomic E-state index is -4.43. The van der Waals surface area contributed by atoms with Crippen molar-refractivity contribution in [2.24, 2.45) is 5.73 Å². The van der Waals surface area contributed by atoms with Gasteiger partial charge in [0.1, 0.15) is 0 Å². The summed E-state index contributed by atoms with van der Waals surface area (Å²) >= 11 is 1.57. The number of hydrogen-bond acceptors (Lipinski definition) is 3. The number of likely N-dealkylation sites (N-methyl/N-ethyl adjacent to an activating group) is 1. The summed E-state index contributed by atoms with van der Waals surface area (Å²) in [6.07, 6.45) is -2.02. The Morgan fingerprint density at radius 3 is 2.57 bits per heavy atom. The average molecular weight is 320 g/mol. The second kappa shape index (κ2) is 7.70. The third-order valence-corrected chi connectivity index (χ3v) is 3.70. The van der Waals surface area contributed by atoms with Crippen molar-refractivity contribution in [3.05, 3.63) is 35.4 Å². The minimum absolute atomic E-state index is 0.0675. The number of rotatable bonds is 6. The smallest absolute Gasteiger partial charge is 0.340 e. The summed E-state index contributed by atoms with van der Waals surface area (Å²) < 4.78 is 38.7. The maximum absolute atomic E-state index is 12.9. The maximum atomic E-state index is 12.9. The molecule has 1 rings (SSSR count). The number of amides is 1. The Hall–Kier alpha value is -1.21. The van der Waals surface area contributed by atoms with E-state index in [-0.39, 0.29) is 18.0 Å². The van der Waals surface area contributed by atoms with Crippen LogP contribution in [0.5, 0.6) is 0 Å². The van der Waals surface area contributed by atoms with Crippen molar-refractivity contribution in [2.75, 3.05) is 19.1 Å². The number of thioether (sulfide) groups is 1. The highest BCUT2D eigenvalue weighted by Crippen LogP contribution is 2.32. The monoisotopic (exact) mass is 320 g/mol. The zero-order valence-corrected chi connectivity index (χ0v) is 12.8. The largest absolute Gasteiger partial charge is 0.416 e. The van der Waals surface area contributed by atoms with Crippen LogP contribution in [0.15, 0.2) is 24.3 Å². The number of halogens is 3. The van der Waals surface area contributed by atoms with E-state index in [1.54, 1.807) is 11.8 Å². The first-order valence-electron chi connectivity index (χ1n) is 6.42. The number of nitrogens with two attached hydrogens (primary N) is 1. The van der Waals surface area contributed by atoms with Gasteiger partial charge in [0.15, 0.2) is 0 Å². The number of carbonyl (C=O) groups is 1. The molecular weight excluding hydrogens is 301 g/mol. The Balaban J connectivity index is 2.79. The van der Waals surface area contributed by atoms with Crippen molar-refractivity contribution >= 4 is 17.7 Å². The summed E-state index contributed by atoms with van der Waals surface area (Å²) in [6.45, 7) is -0.110. The van der Waals surface area contributed by atoms with Crippen molar-refractivity contribution < 1.29 is 18.0 Å². The Labute approximate surface area is 126 Å². The molecule has 3 nitrogen and oxygen atoms in total. The molecule has 0 saturated carbocycles. The summed E-state index contributed by atoms with van der Waals surface area (Å²) in [4.78, 5) is 13.3. The first-order chi connectivity index (χ1) is 9.77. The van der Waals surface area contributed by atoms with Gasteiger partial charge >= 0.3 is 6.18 Å². The molecular formula is C14H19F3N2OS. The number of hydrogen-bond donors (Lipinski definition) is 1. The molecule has 0 aromatic heterocycles. The number of nitrogens with zero attached hydrogens (tertiary/aromatic N) is 1. The highest BCUT2D eigenvalue weighted by Gasteiger charge is 2.33. The molecule has 1 unspecified atom stereocenters. The third kappa shape index (κ3) is 5.24. The molecule has 0 spiro atoms. The average Bonchev–Trinajstić information content (AvgIpc) is 2.43. The highest BCUT2D eigenvalue weighted by atomic mass is 32.2. The lowest BCUT2D eigenvalue weighted by molar-refractivity contribution is -0.139. The Kier molecular flexibility index (Phi) is 6.54. The molecule has 2 N–H and O–H groups in total. The van der Waals surface area contributed by atoms with Crippen molar-refractivity contribution in [2.45, 2.75) is 25.2 Å². The van der Waals surface area contributed by atoms with Crippen LogP contribution in [0.4, 0.5) is 13.2 Å². The molecule has 0 radical (unpaired) electrons. The molecule has 0 fully saturated rings. The normalized spacial score (nSPS) is 13.0. The molecule has 7 heteroatoms. The summed E-state index contributed by atoms with van der Waals surface area (Å²) in [7, 11) is 1.47. The van der Waals surface area contributed by atoms with E-state index in [0.717, 1.165) is 11.8 Å². The fourth-order valence-corrected chi connectivity index (χ4v) is 2.41. The molecule has 0 aliphatic carbocycles. The van der Waals surface area contributed by atoms with Gasteiger partial charge < -0.3 is 10.6 Å². The van der Waals surface area contributed by atoms with E-state index in [0.29, 0.717) is 6.42 Å². The van der Waals surface area contributed by atoms with Gasteiger partial charge in [-0.3, -0.25) is 4.79 Å². The molecule has 0 saturated heterocycles.